The second-order valence-corrected chi connectivity index (χ2v) is 4.18. The molecule has 0 fully saturated rings. The number of carbonyl (C=O) groups excluding carboxylic acids is 1. The van der Waals surface area contributed by atoms with Gasteiger partial charge in [-0.05, 0) is 18.4 Å². The van der Waals surface area contributed by atoms with Gasteiger partial charge in [0.05, 0.1) is 5.56 Å². The van der Waals surface area contributed by atoms with Crippen molar-refractivity contribution in [3.05, 3.63) is 45.6 Å². The molecule has 0 saturated carbocycles. The van der Waals surface area contributed by atoms with Crippen molar-refractivity contribution < 1.29 is 9.21 Å². The van der Waals surface area contributed by atoms with Crippen molar-refractivity contribution in [3.63, 3.8) is 0 Å². The zero-order chi connectivity index (χ0) is 13.1. The van der Waals surface area contributed by atoms with Gasteiger partial charge in [0.25, 0.3) is 5.91 Å². The van der Waals surface area contributed by atoms with Gasteiger partial charge in [-0.2, -0.15) is 0 Å². The highest BCUT2D eigenvalue weighted by atomic mass is 16.4. The predicted molar refractivity (Wildman–Crippen MR) is 67.1 cm³/mol. The summed E-state index contributed by atoms with van der Waals surface area (Å²) in [4.78, 5) is 23.3. The van der Waals surface area contributed by atoms with Crippen LogP contribution in [0.1, 0.15) is 34.5 Å². The van der Waals surface area contributed by atoms with Crippen molar-refractivity contribution >= 4 is 5.91 Å². The van der Waals surface area contributed by atoms with Crippen molar-refractivity contribution in [1.82, 2.24) is 5.32 Å². The molecule has 4 nitrogen and oxygen atoms in total. The monoisotopic (exact) mass is 243 g/mol. The Kier molecular flexibility index (Phi) is 3.33. The fourth-order valence-corrected chi connectivity index (χ4v) is 2.03. The Labute approximate surface area is 105 Å². The van der Waals surface area contributed by atoms with Crippen molar-refractivity contribution in [2.24, 2.45) is 0 Å². The van der Waals surface area contributed by atoms with Crippen LogP contribution >= 0.6 is 0 Å². The van der Waals surface area contributed by atoms with Gasteiger partial charge >= 0.3 is 5.63 Å². The summed E-state index contributed by atoms with van der Waals surface area (Å²) < 4.78 is 5.07. The van der Waals surface area contributed by atoms with Crippen molar-refractivity contribution in [2.45, 2.75) is 25.7 Å². The smallest absolute Gasteiger partial charge is 0.336 e. The summed E-state index contributed by atoms with van der Waals surface area (Å²) in [7, 11) is 0. The van der Waals surface area contributed by atoms with E-state index < -0.39 is 5.63 Å². The molecule has 0 saturated heterocycles. The van der Waals surface area contributed by atoms with E-state index in [-0.39, 0.29) is 5.91 Å². The second kappa shape index (κ2) is 4.92. The molecule has 18 heavy (non-hydrogen) atoms. The third-order valence-corrected chi connectivity index (χ3v) is 2.77. The van der Waals surface area contributed by atoms with Crippen LogP contribution in [0.2, 0.25) is 0 Å². The van der Waals surface area contributed by atoms with E-state index in [1.54, 1.807) is 0 Å². The van der Waals surface area contributed by atoms with Gasteiger partial charge in [-0.1, -0.05) is 6.58 Å². The summed E-state index contributed by atoms with van der Waals surface area (Å²) in [6, 6.07) is 1.36. The van der Waals surface area contributed by atoms with Crippen LogP contribution < -0.4 is 10.9 Å². The molecule has 1 N–H and O–H groups in total. The Morgan fingerprint density at radius 3 is 3.00 bits per heavy atom. The summed E-state index contributed by atoms with van der Waals surface area (Å²) in [5, 5.41) is 2.65. The minimum Gasteiger partial charge on any atom is -0.427 e. The topological polar surface area (TPSA) is 59.3 Å². The molecule has 92 valence electrons. The zero-order valence-corrected chi connectivity index (χ0v) is 9.91. The van der Waals surface area contributed by atoms with Crippen LogP contribution in [0.3, 0.4) is 0 Å². The van der Waals surface area contributed by atoms with E-state index in [1.807, 2.05) is 0 Å². The Balaban J connectivity index is 2.41. The average molecular weight is 243 g/mol. The molecule has 0 spiro atoms. The van der Waals surface area contributed by atoms with E-state index in [9.17, 15) is 9.59 Å². The van der Waals surface area contributed by atoms with Gasteiger partial charge in [0.2, 0.25) is 0 Å². The lowest BCUT2D eigenvalue weighted by Crippen LogP contribution is -2.32. The number of carbonyl (C=O) groups is 1. The molecule has 0 bridgehead atoms. The maximum absolute atomic E-state index is 11.9. The van der Waals surface area contributed by atoms with E-state index in [4.69, 9.17) is 10.8 Å². The zero-order valence-electron chi connectivity index (χ0n) is 9.91. The van der Waals surface area contributed by atoms with E-state index >= 15 is 0 Å². The molecule has 2 rings (SSSR count). The van der Waals surface area contributed by atoms with Crippen LogP contribution in [-0.2, 0) is 12.8 Å². The first-order valence-corrected chi connectivity index (χ1v) is 5.70. The third kappa shape index (κ3) is 2.35. The normalized spacial score (nSPS) is 13.7. The molecular weight excluding hydrogens is 230 g/mol. The number of allylic oxidation sites excluding steroid dienone is 1. The highest BCUT2D eigenvalue weighted by molar-refractivity contribution is 5.98. The number of rotatable bonds is 3. The van der Waals surface area contributed by atoms with E-state index in [1.165, 1.54) is 6.07 Å². The quantitative estimate of drug-likeness (QED) is 0.644. The summed E-state index contributed by atoms with van der Waals surface area (Å²) in [6.45, 7) is 3.68. The lowest BCUT2D eigenvalue weighted by atomic mass is 9.97. The molecule has 1 aromatic rings. The summed E-state index contributed by atoms with van der Waals surface area (Å²) in [5.41, 5.74) is 1.25. The summed E-state index contributed by atoms with van der Waals surface area (Å²) in [5.74, 6) is 2.67. The first-order valence-electron chi connectivity index (χ1n) is 5.70. The summed E-state index contributed by atoms with van der Waals surface area (Å²) >= 11 is 0. The second-order valence-electron chi connectivity index (χ2n) is 4.18. The van der Waals surface area contributed by atoms with Crippen LogP contribution in [-0.4, -0.2) is 5.91 Å². The van der Waals surface area contributed by atoms with Gasteiger partial charge < -0.3 is 9.73 Å². The highest BCUT2D eigenvalue weighted by Crippen LogP contribution is 2.21. The first kappa shape index (κ1) is 12.2. The minimum atomic E-state index is -0.438. The van der Waals surface area contributed by atoms with Gasteiger partial charge in [0.1, 0.15) is 5.76 Å². The molecular formula is C14H13NO3. The molecule has 1 aliphatic heterocycles. The molecule has 1 aliphatic rings. The van der Waals surface area contributed by atoms with Crippen LogP contribution in [0.4, 0.5) is 0 Å². The van der Waals surface area contributed by atoms with Gasteiger partial charge in [0, 0.05) is 24.6 Å². The van der Waals surface area contributed by atoms with Gasteiger partial charge in [-0.25, -0.2) is 4.79 Å². The lowest BCUT2D eigenvalue weighted by Gasteiger charge is -2.19. The van der Waals surface area contributed by atoms with Crippen molar-refractivity contribution in [2.75, 3.05) is 0 Å². The van der Waals surface area contributed by atoms with Crippen molar-refractivity contribution in [1.29, 1.82) is 0 Å². The molecule has 0 atom stereocenters. The summed E-state index contributed by atoms with van der Waals surface area (Å²) in [6.07, 6.45) is 7.49. The number of amides is 1. The molecule has 1 aromatic heterocycles. The molecule has 1 amide bonds. The molecule has 4 heteroatoms. The SMILES string of the molecule is C#CCCCc1cc(=O)oc2c1C(=O)NC(=C)C2. The molecule has 0 radical (unpaired) electrons. The Morgan fingerprint density at radius 1 is 1.50 bits per heavy atom. The van der Waals surface area contributed by atoms with Crippen molar-refractivity contribution in [3.8, 4) is 12.3 Å². The number of unbranched alkanes of at least 4 members (excludes halogenated alkanes) is 1. The number of fused-ring (bicyclic) bond motifs is 1. The van der Waals surface area contributed by atoms with E-state index in [0.717, 1.165) is 6.42 Å². The molecule has 2 heterocycles. The molecule has 0 aliphatic carbocycles. The van der Waals surface area contributed by atoms with Crippen LogP contribution in [0.5, 0.6) is 0 Å². The predicted octanol–water partition coefficient (Wildman–Crippen LogP) is 1.40. The fraction of sp³-hybridized carbons (Fsp3) is 0.286. The molecule has 0 unspecified atom stereocenters. The Morgan fingerprint density at radius 2 is 2.28 bits per heavy atom. The minimum absolute atomic E-state index is 0.263. The van der Waals surface area contributed by atoms with Gasteiger partial charge in [0.15, 0.2) is 0 Å². The van der Waals surface area contributed by atoms with Crippen LogP contribution in [0.15, 0.2) is 27.6 Å². The highest BCUT2D eigenvalue weighted by Gasteiger charge is 2.25. The number of nitrogens with one attached hydrogen (secondary N) is 1. The third-order valence-electron chi connectivity index (χ3n) is 2.77. The first-order chi connectivity index (χ1) is 8.61. The van der Waals surface area contributed by atoms with Crippen LogP contribution in [0, 0.1) is 12.3 Å². The van der Waals surface area contributed by atoms with Crippen LogP contribution in [0.25, 0.3) is 0 Å². The number of aryl methyl sites for hydroxylation is 1. The average Bonchev–Trinajstić information content (AvgIpc) is 2.27. The number of terminal acetylenes is 1. The number of hydrogen-bond donors (Lipinski definition) is 1. The molecule has 0 aromatic carbocycles. The van der Waals surface area contributed by atoms with E-state index in [0.29, 0.717) is 41.8 Å². The number of hydrogen-bond acceptors (Lipinski definition) is 3. The standard InChI is InChI=1S/C14H13NO3/c1-3-4-5-6-10-8-12(16)18-11-7-9(2)15-14(17)13(10)11/h1,8H,2,4-7H2,(H,15,17). The Hall–Kier alpha value is -2.28. The van der Waals surface area contributed by atoms with Gasteiger partial charge in [-0.15, -0.1) is 12.3 Å². The Bertz CT molecular complexity index is 604. The fourth-order valence-electron chi connectivity index (χ4n) is 2.03. The maximum atomic E-state index is 11.9. The largest absolute Gasteiger partial charge is 0.427 e. The van der Waals surface area contributed by atoms with E-state index in [2.05, 4.69) is 17.8 Å². The maximum Gasteiger partial charge on any atom is 0.336 e. The van der Waals surface area contributed by atoms with Gasteiger partial charge in [-0.3, -0.25) is 4.79 Å². The lowest BCUT2D eigenvalue weighted by molar-refractivity contribution is 0.0952.